The summed E-state index contributed by atoms with van der Waals surface area (Å²) in [6.07, 6.45) is 6.51. The molecular formula is C49H57N8O17P3S2. The zero-order valence-electron chi connectivity index (χ0n) is 43.0. The van der Waals surface area contributed by atoms with Gasteiger partial charge in [-0.3, -0.25) is 23.7 Å². The van der Waals surface area contributed by atoms with Gasteiger partial charge in [0, 0.05) is 87.9 Å². The maximum Gasteiger partial charge on any atom is 0.490 e. The number of aryl methyl sites for hydroxylation is 2. The molecule has 3 aromatic carbocycles. The van der Waals surface area contributed by atoms with E-state index < -0.39 is 70.2 Å². The molecule has 8 heterocycles. The van der Waals surface area contributed by atoms with Crippen molar-refractivity contribution >= 4 is 85.3 Å². The second kappa shape index (κ2) is 21.1. The van der Waals surface area contributed by atoms with Crippen molar-refractivity contribution in [2.45, 2.75) is 101 Å². The minimum Gasteiger partial charge on any atom is -0.545 e. The SMILES string of the molecule is CC(C)(CNC(=O)c1ccc(C2=c3cc4c5c(c3Oc3c2cc2c6c3CCCN6CCC2)CCC[N+]=5CCC4)c(C(=O)[O-])c1)SSCOC1C[C@@](C)(n2cnc3c(=O)[nH]c(N)nc32)O[C@@H]1COP(=O)(O)OP(=O)(O)OP(=O)(O)O. The van der Waals surface area contributed by atoms with Gasteiger partial charge >= 0.3 is 23.5 Å². The Morgan fingerprint density at radius 3 is 2.47 bits per heavy atom. The van der Waals surface area contributed by atoms with E-state index in [1.54, 1.807) is 19.1 Å². The van der Waals surface area contributed by atoms with Crippen molar-refractivity contribution in [1.82, 2.24) is 29.4 Å². The van der Waals surface area contributed by atoms with E-state index >= 15 is 0 Å². The van der Waals surface area contributed by atoms with Crippen LogP contribution in [0.4, 0.5) is 11.6 Å². The molecule has 30 heteroatoms. The molecule has 25 nitrogen and oxygen atoms in total. The Kier molecular flexibility index (Phi) is 14.9. The van der Waals surface area contributed by atoms with Gasteiger partial charge in [0.15, 0.2) is 11.2 Å². The molecule has 5 atom stereocenters. The van der Waals surface area contributed by atoms with E-state index in [2.05, 4.69) is 50.5 Å². The Bertz CT molecular complexity index is 3720. The molecular weight excluding hydrogens is 1130 g/mol. The predicted octanol–water partition coefficient (Wildman–Crippen LogP) is 3.24. The number of hydrogen-bond donors (Lipinski definition) is 7. The quantitative estimate of drug-likeness (QED) is 0.0213. The van der Waals surface area contributed by atoms with E-state index in [0.717, 1.165) is 117 Å². The molecule has 2 aromatic heterocycles. The number of H-pyrrole nitrogens is 1. The highest BCUT2D eigenvalue weighted by Crippen LogP contribution is 2.66. The van der Waals surface area contributed by atoms with Gasteiger partial charge in [0.2, 0.25) is 11.3 Å². The number of hydrogen-bond acceptors (Lipinski definition) is 19. The fraction of sp³-hybridized carbons (Fsp3) is 0.469. The first-order chi connectivity index (χ1) is 37.4. The topological polar surface area (TPSA) is 353 Å². The fourth-order valence-electron chi connectivity index (χ4n) is 11.8. The van der Waals surface area contributed by atoms with E-state index in [4.69, 9.17) is 34.3 Å². The Morgan fingerprint density at radius 1 is 0.975 bits per heavy atom. The van der Waals surface area contributed by atoms with Crippen molar-refractivity contribution in [3.63, 3.8) is 0 Å². The number of ether oxygens (including phenoxy) is 3. The Balaban J connectivity index is 0.808. The van der Waals surface area contributed by atoms with Gasteiger partial charge in [0.25, 0.3) is 11.5 Å². The van der Waals surface area contributed by atoms with Crippen molar-refractivity contribution in [1.29, 1.82) is 0 Å². The van der Waals surface area contributed by atoms with Gasteiger partial charge in [-0.25, -0.2) is 23.3 Å². The van der Waals surface area contributed by atoms with Crippen LogP contribution in [0.1, 0.15) is 107 Å². The normalized spacial score (nSPS) is 22.0. The standard InChI is InChI=1S/C49H57N8O17P3S2/c1-48(2,79-78-25-69-35-21-49(3,57-24-52-38-43(57)53-47(50)54-45(38)59)72-36(35)22-70-76(65,66)74-77(67,68)73-75(62,63)64)23-51-44(58)28-12-13-29(32(20-28)46(60)61)37-33-18-26-8-4-14-55-16-6-10-30(39(26)55)41(33)71-42-31-11-7-17-56-15-5-9-27(40(31)56)19-34(37)42/h12-13,18-20,24,35-36H,4-11,14-17,21-23,25H2,1-3H3,(H8-,50,51,53,54,58,59,60,61,62,63,64,65,66,67,68)/t35?,36-,49+/m1/s1. The molecule has 8 N–H and O–H groups in total. The minimum absolute atomic E-state index is 0.0237. The van der Waals surface area contributed by atoms with Crippen LogP contribution < -0.4 is 46.5 Å². The predicted molar refractivity (Wildman–Crippen MR) is 288 cm³/mol. The van der Waals surface area contributed by atoms with Gasteiger partial charge in [-0.15, -0.1) is 0 Å². The average Bonchev–Trinajstić information content (AvgIpc) is 3.51. The van der Waals surface area contributed by atoms with Crippen LogP contribution in [-0.2, 0) is 67.7 Å². The van der Waals surface area contributed by atoms with Crippen molar-refractivity contribution in [3.05, 3.63) is 102 Å². The number of aromatic nitrogens is 4. The van der Waals surface area contributed by atoms with Gasteiger partial charge in [0.05, 0.1) is 30.6 Å². The largest absolute Gasteiger partial charge is 0.545 e. The summed E-state index contributed by atoms with van der Waals surface area (Å²) in [4.78, 5) is 91.0. The second-order valence-electron chi connectivity index (χ2n) is 21.0. The highest BCUT2D eigenvalue weighted by Gasteiger charge is 2.49. The molecule has 6 aliphatic rings. The minimum atomic E-state index is -5.83. The average molecular weight is 1190 g/mol. The highest BCUT2D eigenvalue weighted by atomic mass is 33.1. The molecule has 5 aromatic rings. The maximum absolute atomic E-state index is 14.0. The van der Waals surface area contributed by atoms with Crippen molar-refractivity contribution in [2.24, 2.45) is 0 Å². The number of aromatic carboxylic acids is 1. The zero-order chi connectivity index (χ0) is 56.0. The van der Waals surface area contributed by atoms with Crippen LogP contribution in [0.2, 0.25) is 0 Å². The van der Waals surface area contributed by atoms with Gasteiger partial charge in [0.1, 0.15) is 42.4 Å². The first kappa shape index (κ1) is 55.9. The number of carbonyl (C=O) groups excluding carboxylic acids is 2. The summed E-state index contributed by atoms with van der Waals surface area (Å²) in [5, 5.41) is 18.4. The number of anilines is 2. The van der Waals surface area contributed by atoms with Crippen LogP contribution in [0.15, 0.2) is 41.5 Å². The Hall–Kier alpha value is -4.95. The number of phosphoric acid groups is 3. The second-order valence-corrected chi connectivity index (χ2v) is 28.4. The number of nitrogens with one attached hydrogen (secondary N) is 2. The molecule has 1 amide bonds. The number of nitrogens with two attached hydrogens (primary N) is 1. The number of imidazole rings is 1. The Morgan fingerprint density at radius 2 is 1.71 bits per heavy atom. The molecule has 1 fully saturated rings. The molecule has 1 saturated heterocycles. The van der Waals surface area contributed by atoms with Crippen molar-refractivity contribution in [3.8, 4) is 11.5 Å². The third-order valence-corrected chi connectivity index (χ3v) is 21.6. The van der Waals surface area contributed by atoms with E-state index in [1.165, 1.54) is 60.7 Å². The van der Waals surface area contributed by atoms with Crippen LogP contribution >= 0.6 is 45.1 Å². The van der Waals surface area contributed by atoms with Gasteiger partial charge in [-0.2, -0.15) is 13.6 Å². The van der Waals surface area contributed by atoms with Crippen LogP contribution in [0, 0.1) is 0 Å². The number of carboxylic acids is 1. The van der Waals surface area contributed by atoms with E-state index in [-0.39, 0.29) is 47.1 Å². The molecule has 0 spiro atoms. The number of phosphoric ester groups is 1. The number of rotatable bonds is 18. The molecule has 0 aliphatic carbocycles. The lowest BCUT2D eigenvalue weighted by Crippen LogP contribution is -2.45. The number of carboxylic acid groups (broad SMARTS) is 1. The summed E-state index contributed by atoms with van der Waals surface area (Å²) >= 11 is 0. The number of amides is 1. The third kappa shape index (κ3) is 11.2. The summed E-state index contributed by atoms with van der Waals surface area (Å²) in [5.74, 6) is -0.649. The lowest BCUT2D eigenvalue weighted by atomic mass is 9.81. The summed E-state index contributed by atoms with van der Waals surface area (Å²) < 4.78 is 71.4. The monoisotopic (exact) mass is 1190 g/mol. The van der Waals surface area contributed by atoms with Crippen LogP contribution in [-0.4, -0.2) is 113 Å². The van der Waals surface area contributed by atoms with E-state index in [0.29, 0.717) is 5.56 Å². The number of fused-ring (bicyclic) bond motifs is 5. The van der Waals surface area contributed by atoms with E-state index in [1.807, 2.05) is 13.8 Å². The van der Waals surface area contributed by atoms with E-state index in [9.17, 15) is 43.0 Å². The number of carbonyl (C=O) groups is 2. The first-order valence-electron chi connectivity index (χ1n) is 25.6. The molecule has 6 aliphatic heterocycles. The molecule has 11 rings (SSSR count). The summed E-state index contributed by atoms with van der Waals surface area (Å²) in [6.45, 7) is 8.52. The number of aromatic amines is 1. The molecule has 79 heavy (non-hydrogen) atoms. The third-order valence-electron chi connectivity index (χ3n) is 14.9. The van der Waals surface area contributed by atoms with Crippen LogP contribution in [0.3, 0.4) is 0 Å². The summed E-state index contributed by atoms with van der Waals surface area (Å²) in [5.41, 5.74) is 11.8. The zero-order valence-corrected chi connectivity index (χ0v) is 47.3. The summed E-state index contributed by atoms with van der Waals surface area (Å²) in [6, 6.07) is 9.13. The van der Waals surface area contributed by atoms with Crippen molar-refractivity contribution in [2.75, 3.05) is 55.9 Å². The number of nitrogens with zero attached hydrogens (tertiary/aromatic N) is 5. The maximum atomic E-state index is 14.0. The molecule has 0 radical (unpaired) electrons. The number of nitrogen functional groups attached to an aromatic ring is 1. The van der Waals surface area contributed by atoms with Gasteiger partial charge < -0.3 is 59.6 Å². The van der Waals surface area contributed by atoms with Crippen LogP contribution in [0.25, 0.3) is 16.7 Å². The van der Waals surface area contributed by atoms with Crippen molar-refractivity contribution < 1.29 is 75.3 Å². The lowest BCUT2D eigenvalue weighted by molar-refractivity contribution is -0.255. The Labute approximate surface area is 458 Å². The molecule has 422 valence electrons. The first-order valence-corrected chi connectivity index (χ1v) is 32.4. The van der Waals surface area contributed by atoms with Gasteiger partial charge in [-0.05, 0) is 94.7 Å². The molecule has 3 unspecified atom stereocenters. The fourth-order valence-corrected chi connectivity index (χ4v) is 17.0. The molecule has 0 bridgehead atoms. The van der Waals surface area contributed by atoms with Crippen LogP contribution in [0.5, 0.6) is 11.5 Å². The molecule has 0 saturated carbocycles. The lowest BCUT2D eigenvalue weighted by Gasteiger charge is -2.39. The van der Waals surface area contributed by atoms with Gasteiger partial charge in [-0.1, -0.05) is 27.7 Å². The summed E-state index contributed by atoms with van der Waals surface area (Å²) in [7, 11) is -14.5. The number of benzene rings is 3. The highest BCUT2D eigenvalue weighted by molar-refractivity contribution is 8.77. The smallest absolute Gasteiger partial charge is 0.490 e.